The molecule has 0 aromatic heterocycles. The fraction of sp³-hybridized carbons (Fsp3) is 0.448. The summed E-state index contributed by atoms with van der Waals surface area (Å²) < 4.78 is 27.8. The molecule has 198 valence electrons. The molecule has 0 radical (unpaired) electrons. The predicted molar refractivity (Wildman–Crippen MR) is 150 cm³/mol. The number of ether oxygens (including phenoxy) is 5. The maximum absolute atomic E-state index is 5.79. The number of hydrogen-bond acceptors (Lipinski definition) is 7. The summed E-state index contributed by atoms with van der Waals surface area (Å²) in [5.41, 5.74) is 2.47. The highest BCUT2D eigenvalue weighted by atomic mass is 32.2. The van der Waals surface area contributed by atoms with E-state index in [0.29, 0.717) is 34.4 Å². The van der Waals surface area contributed by atoms with E-state index in [4.69, 9.17) is 23.7 Å². The molecule has 1 aliphatic rings. The zero-order valence-electron chi connectivity index (χ0n) is 22.3. The molecule has 0 amide bonds. The second-order valence-corrected chi connectivity index (χ2v) is 9.55. The minimum atomic E-state index is 0.371. The molecular weight excluding hydrogens is 474 g/mol. The zero-order chi connectivity index (χ0) is 26.3. The Kier molecular flexibility index (Phi) is 13.1. The quantitative estimate of drug-likeness (QED) is 0.233. The molecule has 6 nitrogen and oxygen atoms in total. The number of benzene rings is 2. The van der Waals surface area contributed by atoms with Crippen LogP contribution in [0, 0.1) is 0 Å². The topological polar surface area (TPSA) is 58.2 Å². The van der Waals surface area contributed by atoms with Crippen LogP contribution in [0.4, 0.5) is 0 Å². The van der Waals surface area contributed by atoms with Crippen LogP contribution in [0.25, 0.3) is 0 Å². The summed E-state index contributed by atoms with van der Waals surface area (Å²) in [6.45, 7) is 11.6. The van der Waals surface area contributed by atoms with Crippen LogP contribution < -0.4 is 29.0 Å². The SMILES string of the molecule is C=CCNCC=C.CCCOc1ccc(C2CCC(c3cc(OC)c(OC)c(OC)c3)S2)cc1OC. The summed E-state index contributed by atoms with van der Waals surface area (Å²) in [7, 11) is 6.63. The van der Waals surface area contributed by atoms with Crippen LogP contribution in [0.15, 0.2) is 55.6 Å². The molecule has 1 aliphatic heterocycles. The summed E-state index contributed by atoms with van der Waals surface area (Å²) in [4.78, 5) is 0. The first-order chi connectivity index (χ1) is 17.6. The normalized spacial score (nSPS) is 16.4. The summed E-state index contributed by atoms with van der Waals surface area (Å²) in [6, 6.07) is 10.4. The molecule has 2 aromatic rings. The lowest BCUT2D eigenvalue weighted by Gasteiger charge is -2.18. The third kappa shape index (κ3) is 8.14. The second-order valence-electron chi connectivity index (χ2n) is 8.14. The van der Waals surface area contributed by atoms with Crippen LogP contribution in [-0.4, -0.2) is 48.1 Å². The van der Waals surface area contributed by atoms with Gasteiger partial charge in [-0.05, 0) is 54.7 Å². The van der Waals surface area contributed by atoms with E-state index < -0.39 is 0 Å². The van der Waals surface area contributed by atoms with Gasteiger partial charge in [0.2, 0.25) is 5.75 Å². The van der Waals surface area contributed by atoms with Gasteiger partial charge in [0.15, 0.2) is 23.0 Å². The van der Waals surface area contributed by atoms with Crippen LogP contribution in [0.2, 0.25) is 0 Å². The van der Waals surface area contributed by atoms with E-state index in [9.17, 15) is 0 Å². The van der Waals surface area contributed by atoms with Gasteiger partial charge in [-0.15, -0.1) is 24.9 Å². The van der Waals surface area contributed by atoms with Gasteiger partial charge in [0.05, 0.1) is 35.0 Å². The number of methoxy groups -OCH3 is 4. The maximum atomic E-state index is 5.79. The Hall–Kier alpha value is -2.77. The number of hydrogen-bond donors (Lipinski definition) is 1. The Bertz CT molecular complexity index is 932. The van der Waals surface area contributed by atoms with Crippen molar-refractivity contribution >= 4 is 11.8 Å². The molecule has 1 fully saturated rings. The Labute approximate surface area is 221 Å². The van der Waals surface area contributed by atoms with Crippen molar-refractivity contribution in [3.05, 3.63) is 66.8 Å². The van der Waals surface area contributed by atoms with Crippen molar-refractivity contribution < 1.29 is 23.7 Å². The van der Waals surface area contributed by atoms with E-state index in [2.05, 4.69) is 49.7 Å². The van der Waals surface area contributed by atoms with Crippen LogP contribution in [0.3, 0.4) is 0 Å². The van der Waals surface area contributed by atoms with Crippen LogP contribution in [0.1, 0.15) is 47.8 Å². The zero-order valence-corrected chi connectivity index (χ0v) is 23.1. The minimum absolute atomic E-state index is 0.371. The van der Waals surface area contributed by atoms with Crippen molar-refractivity contribution in [3.8, 4) is 28.7 Å². The third-order valence-electron chi connectivity index (χ3n) is 5.68. The number of nitrogens with one attached hydrogen (secondary N) is 1. The Morgan fingerprint density at radius 2 is 1.36 bits per heavy atom. The third-order valence-corrected chi connectivity index (χ3v) is 7.35. The molecule has 3 rings (SSSR count). The van der Waals surface area contributed by atoms with Gasteiger partial charge in [0.25, 0.3) is 0 Å². The molecule has 36 heavy (non-hydrogen) atoms. The van der Waals surface area contributed by atoms with Gasteiger partial charge in [0.1, 0.15) is 0 Å². The van der Waals surface area contributed by atoms with Crippen LogP contribution in [0.5, 0.6) is 28.7 Å². The first kappa shape index (κ1) is 29.5. The monoisotopic (exact) mass is 515 g/mol. The molecule has 2 atom stereocenters. The van der Waals surface area contributed by atoms with Gasteiger partial charge in [-0.3, -0.25) is 0 Å². The highest BCUT2D eigenvalue weighted by Gasteiger charge is 2.30. The molecule has 2 unspecified atom stereocenters. The van der Waals surface area contributed by atoms with Gasteiger partial charge in [-0.1, -0.05) is 25.1 Å². The van der Waals surface area contributed by atoms with Crippen molar-refractivity contribution in [2.24, 2.45) is 0 Å². The average molecular weight is 516 g/mol. The average Bonchev–Trinajstić information content (AvgIpc) is 3.42. The van der Waals surface area contributed by atoms with Gasteiger partial charge in [-0.25, -0.2) is 0 Å². The molecule has 2 aromatic carbocycles. The molecule has 1 heterocycles. The standard InChI is InChI=1S/C23H30O5S.C6H11N/c1-6-11-28-17-8-7-15(12-18(17)24-2)21-9-10-22(29-21)16-13-19(25-3)23(27-5)20(14-16)26-4;1-3-5-7-6-4-2/h7-8,12-14,21-22H,6,9-11H2,1-5H3;3-4,7H,1-2,5-6H2. The fourth-order valence-corrected chi connectivity index (χ4v) is 5.46. The molecule has 0 spiro atoms. The largest absolute Gasteiger partial charge is 0.493 e. The van der Waals surface area contributed by atoms with Crippen molar-refractivity contribution in [2.45, 2.75) is 36.7 Å². The summed E-state index contributed by atoms with van der Waals surface area (Å²) >= 11 is 1.96. The Balaban J connectivity index is 0.000000572. The first-order valence-corrected chi connectivity index (χ1v) is 13.2. The molecule has 0 aliphatic carbocycles. The predicted octanol–water partition coefficient (Wildman–Crippen LogP) is 6.77. The lowest BCUT2D eigenvalue weighted by Crippen LogP contribution is -2.11. The van der Waals surface area contributed by atoms with Crippen LogP contribution in [-0.2, 0) is 0 Å². The highest BCUT2D eigenvalue weighted by molar-refractivity contribution is 8.00. The Morgan fingerprint density at radius 3 is 1.86 bits per heavy atom. The van der Waals surface area contributed by atoms with Gasteiger partial charge >= 0.3 is 0 Å². The molecule has 1 N–H and O–H groups in total. The van der Waals surface area contributed by atoms with Gasteiger partial charge in [0, 0.05) is 23.6 Å². The van der Waals surface area contributed by atoms with Gasteiger partial charge in [-0.2, -0.15) is 0 Å². The van der Waals surface area contributed by atoms with Crippen molar-refractivity contribution in [1.82, 2.24) is 5.32 Å². The second kappa shape index (κ2) is 16.1. The molecule has 0 bridgehead atoms. The number of thioether (sulfide) groups is 1. The van der Waals surface area contributed by atoms with E-state index in [1.807, 2.05) is 30.0 Å². The van der Waals surface area contributed by atoms with Crippen LogP contribution >= 0.6 is 11.8 Å². The molecular formula is C29H41NO5S. The van der Waals surface area contributed by atoms with Gasteiger partial charge < -0.3 is 29.0 Å². The lowest BCUT2D eigenvalue weighted by atomic mass is 10.0. The summed E-state index contributed by atoms with van der Waals surface area (Å²) in [5.74, 6) is 3.63. The van der Waals surface area contributed by atoms with E-state index in [1.54, 1.807) is 28.4 Å². The lowest BCUT2D eigenvalue weighted by molar-refractivity contribution is 0.294. The molecule has 1 saturated heterocycles. The van der Waals surface area contributed by atoms with E-state index >= 15 is 0 Å². The van der Waals surface area contributed by atoms with Crippen molar-refractivity contribution in [2.75, 3.05) is 48.1 Å². The maximum Gasteiger partial charge on any atom is 0.203 e. The van der Waals surface area contributed by atoms with Crippen molar-refractivity contribution in [3.63, 3.8) is 0 Å². The summed E-state index contributed by atoms with van der Waals surface area (Å²) in [6.07, 6.45) is 6.81. The van der Waals surface area contributed by atoms with E-state index in [-0.39, 0.29) is 0 Å². The molecule has 0 saturated carbocycles. The molecule has 7 heteroatoms. The smallest absolute Gasteiger partial charge is 0.203 e. The van der Waals surface area contributed by atoms with E-state index in [1.165, 1.54) is 11.1 Å². The Morgan fingerprint density at radius 1 is 0.806 bits per heavy atom. The van der Waals surface area contributed by atoms with Crippen molar-refractivity contribution in [1.29, 1.82) is 0 Å². The number of rotatable bonds is 13. The summed E-state index contributed by atoms with van der Waals surface area (Å²) in [5, 5.41) is 3.83. The fourth-order valence-electron chi connectivity index (χ4n) is 3.92. The first-order valence-electron chi connectivity index (χ1n) is 12.2. The van der Waals surface area contributed by atoms with E-state index in [0.717, 1.165) is 43.9 Å². The highest BCUT2D eigenvalue weighted by Crippen LogP contribution is 2.55. The minimum Gasteiger partial charge on any atom is -0.493 e.